The number of aryl methyl sites for hydroxylation is 2. The van der Waals surface area contributed by atoms with Crippen LogP contribution in [0.5, 0.6) is 0 Å². The monoisotopic (exact) mass is 293 g/mol. The molecule has 1 aromatic carbocycles. The highest BCUT2D eigenvalue weighted by Gasteiger charge is 2.18. The van der Waals surface area contributed by atoms with Crippen molar-refractivity contribution < 1.29 is 4.79 Å². The number of carbonyl (C=O) groups is 1. The molecule has 2 aromatic rings. The van der Waals surface area contributed by atoms with Crippen molar-refractivity contribution in [2.45, 2.75) is 26.8 Å². The number of benzene rings is 1. The molecule has 0 aliphatic rings. The van der Waals surface area contributed by atoms with E-state index in [2.05, 4.69) is 15.4 Å². The maximum atomic E-state index is 12.2. The van der Waals surface area contributed by atoms with Crippen LogP contribution in [0.2, 0.25) is 5.02 Å². The van der Waals surface area contributed by atoms with Gasteiger partial charge in [-0.05, 0) is 39.0 Å². The summed E-state index contributed by atoms with van der Waals surface area (Å²) in [6.07, 6.45) is 0. The number of halogens is 1. The van der Waals surface area contributed by atoms with Gasteiger partial charge >= 0.3 is 0 Å². The fourth-order valence-corrected chi connectivity index (χ4v) is 2.00. The third-order valence-corrected chi connectivity index (χ3v) is 3.26. The number of aromatic nitrogens is 3. The fraction of sp³-hybridized carbons (Fsp3) is 0.308. The minimum absolute atomic E-state index is 0.195. The second-order valence-electron chi connectivity index (χ2n) is 4.55. The number of nitrogens with zero attached hydrogens (tertiary/aromatic N) is 3. The van der Waals surface area contributed by atoms with Crippen molar-refractivity contribution in [2.75, 3.05) is 11.1 Å². The molecule has 0 aliphatic carbocycles. The first-order chi connectivity index (χ1) is 9.38. The van der Waals surface area contributed by atoms with Gasteiger partial charge in [0.15, 0.2) is 0 Å². The van der Waals surface area contributed by atoms with Gasteiger partial charge in [0.25, 0.3) is 0 Å². The van der Waals surface area contributed by atoms with Gasteiger partial charge < -0.3 is 11.1 Å². The van der Waals surface area contributed by atoms with Crippen LogP contribution in [0.25, 0.3) is 0 Å². The first kappa shape index (κ1) is 14.3. The zero-order valence-corrected chi connectivity index (χ0v) is 12.3. The summed E-state index contributed by atoms with van der Waals surface area (Å²) in [6.45, 7) is 5.35. The molecule has 0 fully saturated rings. The van der Waals surface area contributed by atoms with Crippen LogP contribution in [-0.2, 0) is 4.79 Å². The SMILES string of the molecule is Cc1nc(C)n(C(C)C(=O)Nc2ccc(Cl)c(N)c2)n1. The van der Waals surface area contributed by atoms with Crippen molar-refractivity contribution >= 4 is 28.9 Å². The summed E-state index contributed by atoms with van der Waals surface area (Å²) in [5.74, 6) is 1.14. The molecule has 0 saturated carbocycles. The molecule has 1 unspecified atom stereocenters. The molecule has 0 saturated heterocycles. The van der Waals surface area contributed by atoms with Crippen LogP contribution >= 0.6 is 11.6 Å². The molecule has 1 heterocycles. The average Bonchev–Trinajstić information content (AvgIpc) is 2.72. The number of nitrogens with two attached hydrogens (primary N) is 1. The van der Waals surface area contributed by atoms with E-state index >= 15 is 0 Å². The lowest BCUT2D eigenvalue weighted by Crippen LogP contribution is -2.25. The topological polar surface area (TPSA) is 85.8 Å². The van der Waals surface area contributed by atoms with Gasteiger partial charge in [0, 0.05) is 5.69 Å². The number of hydrogen-bond acceptors (Lipinski definition) is 4. The van der Waals surface area contributed by atoms with Crippen LogP contribution in [0.1, 0.15) is 24.6 Å². The maximum Gasteiger partial charge on any atom is 0.249 e. The fourth-order valence-electron chi connectivity index (χ4n) is 1.88. The average molecular weight is 294 g/mol. The third-order valence-electron chi connectivity index (χ3n) is 2.92. The summed E-state index contributed by atoms with van der Waals surface area (Å²) < 4.78 is 1.59. The molecule has 0 radical (unpaired) electrons. The van der Waals surface area contributed by atoms with Gasteiger partial charge in [-0.3, -0.25) is 4.79 Å². The van der Waals surface area contributed by atoms with Crippen LogP contribution in [0, 0.1) is 13.8 Å². The molecule has 0 aliphatic heterocycles. The molecule has 6 nitrogen and oxygen atoms in total. The van der Waals surface area contributed by atoms with E-state index in [9.17, 15) is 4.79 Å². The number of carbonyl (C=O) groups excluding carboxylic acids is 1. The zero-order chi connectivity index (χ0) is 14.9. The summed E-state index contributed by atoms with van der Waals surface area (Å²) in [7, 11) is 0. The Morgan fingerprint density at radius 2 is 2.15 bits per heavy atom. The Bertz CT molecular complexity index is 652. The van der Waals surface area contributed by atoms with Gasteiger partial charge in [-0.25, -0.2) is 9.67 Å². The summed E-state index contributed by atoms with van der Waals surface area (Å²) in [5.41, 5.74) is 6.72. The predicted octanol–water partition coefficient (Wildman–Crippen LogP) is 2.33. The molecule has 0 spiro atoms. The summed E-state index contributed by atoms with van der Waals surface area (Å²) in [4.78, 5) is 16.4. The Hall–Kier alpha value is -2.08. The van der Waals surface area contributed by atoms with Crippen molar-refractivity contribution in [3.8, 4) is 0 Å². The van der Waals surface area contributed by atoms with Gasteiger partial charge in [0.2, 0.25) is 5.91 Å². The lowest BCUT2D eigenvalue weighted by atomic mass is 10.2. The van der Waals surface area contributed by atoms with Crippen LogP contribution in [-0.4, -0.2) is 20.7 Å². The minimum Gasteiger partial charge on any atom is -0.397 e. The summed E-state index contributed by atoms with van der Waals surface area (Å²) in [5, 5.41) is 7.44. The van der Waals surface area contributed by atoms with E-state index in [1.807, 2.05) is 6.92 Å². The van der Waals surface area contributed by atoms with E-state index in [1.54, 1.807) is 36.7 Å². The van der Waals surface area contributed by atoms with Crippen molar-refractivity contribution in [1.29, 1.82) is 0 Å². The van der Waals surface area contributed by atoms with Gasteiger partial charge in [-0.1, -0.05) is 11.6 Å². The number of rotatable bonds is 3. The van der Waals surface area contributed by atoms with Crippen LogP contribution in [0.3, 0.4) is 0 Å². The second-order valence-corrected chi connectivity index (χ2v) is 4.96. The van der Waals surface area contributed by atoms with Crippen molar-refractivity contribution in [3.63, 3.8) is 0 Å². The van der Waals surface area contributed by atoms with Gasteiger partial charge in [0.1, 0.15) is 17.7 Å². The van der Waals surface area contributed by atoms with Crippen molar-refractivity contribution in [2.24, 2.45) is 0 Å². The highest BCUT2D eigenvalue weighted by atomic mass is 35.5. The summed E-state index contributed by atoms with van der Waals surface area (Å²) in [6, 6.07) is 4.49. The smallest absolute Gasteiger partial charge is 0.249 e. The van der Waals surface area contributed by atoms with E-state index in [0.29, 0.717) is 28.0 Å². The normalized spacial score (nSPS) is 12.2. The second kappa shape index (κ2) is 5.50. The molecule has 1 amide bonds. The largest absolute Gasteiger partial charge is 0.397 e. The van der Waals surface area contributed by atoms with E-state index in [-0.39, 0.29) is 5.91 Å². The van der Waals surface area contributed by atoms with E-state index in [1.165, 1.54) is 0 Å². The van der Waals surface area contributed by atoms with Crippen LogP contribution in [0.4, 0.5) is 11.4 Å². The number of anilines is 2. The number of nitrogen functional groups attached to an aromatic ring is 1. The van der Waals surface area contributed by atoms with Gasteiger partial charge in [0.05, 0.1) is 10.7 Å². The predicted molar refractivity (Wildman–Crippen MR) is 78.7 cm³/mol. The molecule has 106 valence electrons. The summed E-state index contributed by atoms with van der Waals surface area (Å²) >= 11 is 5.84. The van der Waals surface area contributed by atoms with E-state index in [4.69, 9.17) is 17.3 Å². The Labute approximate surface area is 121 Å². The molecule has 2 rings (SSSR count). The molecule has 20 heavy (non-hydrogen) atoms. The highest BCUT2D eigenvalue weighted by molar-refractivity contribution is 6.33. The van der Waals surface area contributed by atoms with E-state index < -0.39 is 6.04 Å². The Kier molecular flexibility index (Phi) is 3.94. The number of amides is 1. The van der Waals surface area contributed by atoms with Crippen molar-refractivity contribution in [3.05, 3.63) is 34.9 Å². The lowest BCUT2D eigenvalue weighted by Gasteiger charge is -2.14. The standard InChI is InChI=1S/C13H16ClN5O/c1-7(19-9(3)16-8(2)18-19)13(20)17-10-4-5-11(14)12(15)6-10/h4-7H,15H2,1-3H3,(H,17,20). The van der Waals surface area contributed by atoms with Gasteiger partial charge in [-0.2, -0.15) is 5.10 Å². The maximum absolute atomic E-state index is 12.2. The molecule has 0 bridgehead atoms. The quantitative estimate of drug-likeness (QED) is 0.851. The zero-order valence-electron chi connectivity index (χ0n) is 11.5. The van der Waals surface area contributed by atoms with E-state index in [0.717, 1.165) is 0 Å². The van der Waals surface area contributed by atoms with Crippen LogP contribution in [0.15, 0.2) is 18.2 Å². The minimum atomic E-state index is -0.465. The first-order valence-electron chi connectivity index (χ1n) is 6.14. The van der Waals surface area contributed by atoms with Gasteiger partial charge in [-0.15, -0.1) is 0 Å². The highest BCUT2D eigenvalue weighted by Crippen LogP contribution is 2.23. The van der Waals surface area contributed by atoms with Crippen LogP contribution < -0.4 is 11.1 Å². The number of nitrogens with one attached hydrogen (secondary N) is 1. The Morgan fingerprint density at radius 1 is 1.45 bits per heavy atom. The molecule has 1 aromatic heterocycles. The Balaban J connectivity index is 2.15. The molecule has 1 atom stereocenters. The molecular formula is C13H16ClN5O. The Morgan fingerprint density at radius 3 is 2.70 bits per heavy atom. The lowest BCUT2D eigenvalue weighted by molar-refractivity contribution is -0.119. The molecular weight excluding hydrogens is 278 g/mol. The third kappa shape index (κ3) is 2.91. The molecule has 7 heteroatoms. The number of hydrogen-bond donors (Lipinski definition) is 2. The molecule has 3 N–H and O–H groups in total. The first-order valence-corrected chi connectivity index (χ1v) is 6.52. The van der Waals surface area contributed by atoms with Crippen molar-refractivity contribution in [1.82, 2.24) is 14.8 Å².